The summed E-state index contributed by atoms with van der Waals surface area (Å²) in [6.07, 6.45) is 0. The van der Waals surface area contributed by atoms with E-state index in [2.05, 4.69) is 49.6 Å². The third-order valence-electron chi connectivity index (χ3n) is 6.85. The molecule has 0 aliphatic carbocycles. The maximum atomic E-state index is 13.4. The Labute approximate surface area is 223 Å². The summed E-state index contributed by atoms with van der Waals surface area (Å²) in [4.78, 5) is 19.6. The molecule has 2 amide bonds. The summed E-state index contributed by atoms with van der Waals surface area (Å²) >= 11 is 0. The van der Waals surface area contributed by atoms with Gasteiger partial charge in [-0.2, -0.15) is 0 Å². The van der Waals surface area contributed by atoms with Gasteiger partial charge in [0.2, 0.25) is 0 Å². The number of amides is 2. The SMILES string of the molecule is COc1cccc(NC(=O)NCC(c2ccc(N(C)C)cc2)N2CCN(c3ccc(F)cc3)CC2)c1OC. The second-order valence-electron chi connectivity index (χ2n) is 9.38. The molecule has 1 fully saturated rings. The van der Waals surface area contributed by atoms with E-state index in [1.807, 2.05) is 26.2 Å². The number of nitrogens with zero attached hydrogens (tertiary/aromatic N) is 3. The first-order valence-electron chi connectivity index (χ1n) is 12.7. The highest BCUT2D eigenvalue weighted by molar-refractivity contribution is 5.91. The van der Waals surface area contributed by atoms with Crippen LogP contribution in [0.3, 0.4) is 0 Å². The van der Waals surface area contributed by atoms with E-state index < -0.39 is 0 Å². The smallest absolute Gasteiger partial charge is 0.319 e. The highest BCUT2D eigenvalue weighted by atomic mass is 19.1. The Bertz CT molecular complexity index is 1200. The Morgan fingerprint density at radius 3 is 2.24 bits per heavy atom. The van der Waals surface area contributed by atoms with Crippen molar-refractivity contribution >= 4 is 23.1 Å². The number of carbonyl (C=O) groups excluding carboxylic acids is 1. The van der Waals surface area contributed by atoms with Crippen LogP contribution in [0.5, 0.6) is 11.5 Å². The molecule has 3 aromatic rings. The van der Waals surface area contributed by atoms with E-state index in [0.717, 1.165) is 43.1 Å². The van der Waals surface area contributed by atoms with E-state index in [4.69, 9.17) is 9.47 Å². The van der Waals surface area contributed by atoms with Gasteiger partial charge in [-0.25, -0.2) is 9.18 Å². The fraction of sp³-hybridized carbons (Fsp3) is 0.345. The molecule has 2 N–H and O–H groups in total. The molecular formula is C29H36FN5O3. The normalized spacial score (nSPS) is 14.5. The van der Waals surface area contributed by atoms with Crippen LogP contribution in [0.1, 0.15) is 11.6 Å². The van der Waals surface area contributed by atoms with E-state index >= 15 is 0 Å². The van der Waals surface area contributed by atoms with E-state index in [0.29, 0.717) is 23.7 Å². The number of benzene rings is 3. The second kappa shape index (κ2) is 12.5. The van der Waals surface area contributed by atoms with Crippen molar-refractivity contribution < 1.29 is 18.7 Å². The van der Waals surface area contributed by atoms with Crippen LogP contribution >= 0.6 is 0 Å². The van der Waals surface area contributed by atoms with Crippen LogP contribution in [0.4, 0.5) is 26.2 Å². The number of rotatable bonds is 9. The van der Waals surface area contributed by atoms with Crippen LogP contribution in [-0.2, 0) is 0 Å². The lowest BCUT2D eigenvalue weighted by Gasteiger charge is -2.40. The summed E-state index contributed by atoms with van der Waals surface area (Å²) in [5, 5.41) is 5.93. The predicted molar refractivity (Wildman–Crippen MR) is 150 cm³/mol. The summed E-state index contributed by atoms with van der Waals surface area (Å²) < 4.78 is 24.1. The van der Waals surface area contributed by atoms with Crippen LogP contribution in [0.25, 0.3) is 0 Å². The first kappa shape index (κ1) is 27.1. The van der Waals surface area contributed by atoms with Crippen molar-refractivity contribution in [2.24, 2.45) is 0 Å². The first-order valence-corrected chi connectivity index (χ1v) is 12.7. The summed E-state index contributed by atoms with van der Waals surface area (Å²) in [5.74, 6) is 0.783. The molecule has 0 spiro atoms. The Balaban J connectivity index is 1.46. The molecule has 1 atom stereocenters. The number of ether oxygens (including phenoxy) is 2. The van der Waals surface area contributed by atoms with Gasteiger partial charge in [-0.1, -0.05) is 18.2 Å². The van der Waals surface area contributed by atoms with Gasteiger partial charge < -0.3 is 29.9 Å². The first-order chi connectivity index (χ1) is 18.4. The van der Waals surface area contributed by atoms with Crippen molar-refractivity contribution in [1.82, 2.24) is 10.2 Å². The molecule has 0 saturated carbocycles. The Morgan fingerprint density at radius 2 is 1.63 bits per heavy atom. The summed E-state index contributed by atoms with van der Waals surface area (Å²) in [7, 11) is 7.13. The molecule has 4 rings (SSSR count). The molecule has 1 aliphatic rings. The van der Waals surface area contributed by atoms with Crippen molar-refractivity contribution in [1.29, 1.82) is 0 Å². The van der Waals surface area contributed by atoms with Crippen LogP contribution < -0.4 is 29.9 Å². The standard InChI is InChI=1S/C29H36FN5O3/c1-33(2)23-12-8-21(9-13-23)26(35-18-16-34(17-19-35)24-14-10-22(30)11-15-24)20-31-29(36)32-25-6-5-7-27(37-3)28(25)38-4/h5-15,26H,16-20H2,1-4H3,(H2,31,32,36). The Hall–Kier alpha value is -3.98. The van der Waals surface area contributed by atoms with Gasteiger partial charge in [0.1, 0.15) is 5.82 Å². The average molecular weight is 522 g/mol. The Kier molecular flexibility index (Phi) is 8.91. The average Bonchev–Trinajstić information content (AvgIpc) is 2.94. The molecule has 38 heavy (non-hydrogen) atoms. The van der Waals surface area contributed by atoms with Crippen LogP contribution in [0.2, 0.25) is 0 Å². The van der Waals surface area contributed by atoms with Gasteiger partial charge in [-0.3, -0.25) is 4.90 Å². The number of para-hydroxylation sites is 1. The molecular weight excluding hydrogens is 485 g/mol. The zero-order valence-electron chi connectivity index (χ0n) is 22.4. The highest BCUT2D eigenvalue weighted by Gasteiger charge is 2.26. The lowest BCUT2D eigenvalue weighted by atomic mass is 10.0. The van der Waals surface area contributed by atoms with Crippen LogP contribution in [0.15, 0.2) is 66.7 Å². The van der Waals surface area contributed by atoms with Crippen molar-refractivity contribution in [2.75, 3.05) is 76.2 Å². The minimum Gasteiger partial charge on any atom is -0.493 e. The van der Waals surface area contributed by atoms with Crippen LogP contribution in [0, 0.1) is 5.82 Å². The predicted octanol–water partition coefficient (Wildman–Crippen LogP) is 4.59. The van der Waals surface area contributed by atoms with E-state index in [1.165, 1.54) is 12.1 Å². The summed E-state index contributed by atoms with van der Waals surface area (Å²) in [5.41, 5.74) is 3.79. The lowest BCUT2D eigenvalue weighted by molar-refractivity contribution is 0.182. The number of methoxy groups -OCH3 is 2. The number of nitrogens with one attached hydrogen (secondary N) is 2. The summed E-state index contributed by atoms with van der Waals surface area (Å²) in [6.45, 7) is 3.67. The number of hydrogen-bond acceptors (Lipinski definition) is 6. The van der Waals surface area contributed by atoms with Crippen molar-refractivity contribution in [3.05, 3.63) is 78.1 Å². The number of hydrogen-bond donors (Lipinski definition) is 2. The van der Waals surface area contributed by atoms with E-state index in [9.17, 15) is 9.18 Å². The van der Waals surface area contributed by atoms with Gasteiger partial charge in [0.25, 0.3) is 0 Å². The van der Waals surface area contributed by atoms with Gasteiger partial charge in [0, 0.05) is 58.2 Å². The lowest BCUT2D eigenvalue weighted by Crippen LogP contribution is -2.50. The maximum absolute atomic E-state index is 13.4. The fourth-order valence-corrected chi connectivity index (χ4v) is 4.74. The van der Waals surface area contributed by atoms with Gasteiger partial charge in [-0.15, -0.1) is 0 Å². The Morgan fingerprint density at radius 1 is 0.947 bits per heavy atom. The molecule has 9 heteroatoms. The molecule has 1 aliphatic heterocycles. The van der Waals surface area contributed by atoms with Gasteiger partial charge in [-0.05, 0) is 54.1 Å². The number of carbonyl (C=O) groups is 1. The van der Waals surface area contributed by atoms with E-state index in [-0.39, 0.29) is 17.9 Å². The quantitative estimate of drug-likeness (QED) is 0.429. The van der Waals surface area contributed by atoms with Gasteiger partial charge >= 0.3 is 6.03 Å². The number of urea groups is 1. The molecule has 1 heterocycles. The number of anilines is 3. The number of piperazine rings is 1. The molecule has 0 aromatic heterocycles. The molecule has 3 aromatic carbocycles. The molecule has 202 valence electrons. The summed E-state index contributed by atoms with van der Waals surface area (Å²) in [6, 6.07) is 20.1. The number of halogens is 1. The monoisotopic (exact) mass is 521 g/mol. The zero-order chi connectivity index (χ0) is 27.1. The second-order valence-corrected chi connectivity index (χ2v) is 9.38. The van der Waals surface area contributed by atoms with Crippen LogP contribution in [-0.4, -0.2) is 72.0 Å². The molecule has 1 saturated heterocycles. The minimum atomic E-state index is -0.323. The zero-order valence-corrected chi connectivity index (χ0v) is 22.4. The topological polar surface area (TPSA) is 69.3 Å². The fourth-order valence-electron chi connectivity index (χ4n) is 4.74. The van der Waals surface area contributed by atoms with E-state index in [1.54, 1.807) is 32.4 Å². The molecule has 8 nitrogen and oxygen atoms in total. The largest absolute Gasteiger partial charge is 0.493 e. The molecule has 0 bridgehead atoms. The molecule has 0 radical (unpaired) electrons. The molecule has 1 unspecified atom stereocenters. The van der Waals surface area contributed by atoms with Gasteiger partial charge in [0.15, 0.2) is 11.5 Å². The van der Waals surface area contributed by atoms with Crippen molar-refractivity contribution in [3.63, 3.8) is 0 Å². The van der Waals surface area contributed by atoms with Gasteiger partial charge in [0.05, 0.1) is 25.9 Å². The maximum Gasteiger partial charge on any atom is 0.319 e. The van der Waals surface area contributed by atoms with Crippen molar-refractivity contribution in [2.45, 2.75) is 6.04 Å². The third kappa shape index (κ3) is 6.47. The minimum absolute atomic E-state index is 0.0143. The third-order valence-corrected chi connectivity index (χ3v) is 6.85. The van der Waals surface area contributed by atoms with Crippen molar-refractivity contribution in [3.8, 4) is 11.5 Å². The highest BCUT2D eigenvalue weighted by Crippen LogP contribution is 2.34.